The summed E-state index contributed by atoms with van der Waals surface area (Å²) in [7, 11) is 0. The number of ether oxygens (including phenoxy) is 1. The number of aromatic nitrogens is 1. The predicted molar refractivity (Wildman–Crippen MR) is 121 cm³/mol. The molecule has 6 nitrogen and oxygen atoms in total. The Balaban J connectivity index is 0.00000364. The van der Waals surface area contributed by atoms with E-state index in [2.05, 4.69) is 20.6 Å². The Morgan fingerprint density at radius 1 is 1.26 bits per heavy atom. The van der Waals surface area contributed by atoms with Crippen molar-refractivity contribution < 1.29 is 9.84 Å². The van der Waals surface area contributed by atoms with Crippen molar-refractivity contribution in [3.05, 3.63) is 58.3 Å². The molecular formula is C18H23Cl2IN4O2. The summed E-state index contributed by atoms with van der Waals surface area (Å²) in [5, 5.41) is 17.5. The monoisotopic (exact) mass is 524 g/mol. The SMILES string of the molecule is CCNC(=NCC(O)c1cc(Cl)cc(Cl)c1)NCCOc1cccnc1.I. The van der Waals surface area contributed by atoms with Gasteiger partial charge in [-0.05, 0) is 42.8 Å². The lowest BCUT2D eigenvalue weighted by Crippen LogP contribution is -2.39. The number of hydrogen-bond acceptors (Lipinski definition) is 4. The van der Waals surface area contributed by atoms with Crippen molar-refractivity contribution in [3.8, 4) is 5.75 Å². The molecular weight excluding hydrogens is 502 g/mol. The molecule has 0 aliphatic rings. The zero-order valence-corrected chi connectivity index (χ0v) is 18.7. The van der Waals surface area contributed by atoms with Crippen LogP contribution in [0.25, 0.3) is 0 Å². The van der Waals surface area contributed by atoms with Crippen molar-refractivity contribution >= 4 is 53.1 Å². The maximum Gasteiger partial charge on any atom is 0.191 e. The Morgan fingerprint density at radius 3 is 2.63 bits per heavy atom. The van der Waals surface area contributed by atoms with Crippen molar-refractivity contribution in [1.29, 1.82) is 0 Å². The van der Waals surface area contributed by atoms with Crippen LogP contribution >= 0.6 is 47.2 Å². The van der Waals surface area contributed by atoms with E-state index >= 15 is 0 Å². The molecule has 0 spiro atoms. The second kappa shape index (κ2) is 13.0. The van der Waals surface area contributed by atoms with Crippen LogP contribution in [-0.4, -0.2) is 42.3 Å². The number of nitrogens with zero attached hydrogens (tertiary/aromatic N) is 2. The van der Waals surface area contributed by atoms with Crippen LogP contribution in [0.4, 0.5) is 0 Å². The highest BCUT2D eigenvalue weighted by atomic mass is 127. The van der Waals surface area contributed by atoms with Crippen LogP contribution in [0.5, 0.6) is 5.75 Å². The maximum atomic E-state index is 10.3. The summed E-state index contributed by atoms with van der Waals surface area (Å²) < 4.78 is 5.57. The van der Waals surface area contributed by atoms with Crippen LogP contribution in [0.2, 0.25) is 10.0 Å². The molecule has 0 aliphatic heterocycles. The summed E-state index contributed by atoms with van der Waals surface area (Å²) in [6.07, 6.45) is 2.55. The summed E-state index contributed by atoms with van der Waals surface area (Å²) in [5.74, 6) is 1.30. The van der Waals surface area contributed by atoms with Gasteiger partial charge in [-0.3, -0.25) is 9.98 Å². The molecule has 0 saturated carbocycles. The molecule has 148 valence electrons. The molecule has 27 heavy (non-hydrogen) atoms. The largest absolute Gasteiger partial charge is 0.490 e. The molecule has 2 rings (SSSR count). The van der Waals surface area contributed by atoms with E-state index in [-0.39, 0.29) is 30.5 Å². The molecule has 0 bridgehead atoms. The molecule has 1 aromatic carbocycles. The third kappa shape index (κ3) is 8.96. The molecule has 9 heteroatoms. The second-order valence-electron chi connectivity index (χ2n) is 5.40. The van der Waals surface area contributed by atoms with E-state index in [0.717, 1.165) is 0 Å². The summed E-state index contributed by atoms with van der Waals surface area (Å²) in [6, 6.07) is 8.64. The average Bonchev–Trinajstić information content (AvgIpc) is 2.63. The molecule has 1 heterocycles. The number of halogens is 3. The molecule has 0 radical (unpaired) electrons. The number of guanidine groups is 1. The van der Waals surface area contributed by atoms with Gasteiger partial charge in [0, 0.05) is 22.8 Å². The van der Waals surface area contributed by atoms with Gasteiger partial charge in [-0.2, -0.15) is 0 Å². The highest BCUT2D eigenvalue weighted by Gasteiger charge is 2.09. The Bertz CT molecular complexity index is 700. The first-order valence-corrected chi connectivity index (χ1v) is 9.03. The van der Waals surface area contributed by atoms with Crippen molar-refractivity contribution in [3.63, 3.8) is 0 Å². The molecule has 0 saturated heterocycles. The zero-order valence-electron chi connectivity index (χ0n) is 14.9. The van der Waals surface area contributed by atoms with Crippen molar-refractivity contribution in [2.24, 2.45) is 4.99 Å². The Labute approximate surface area is 186 Å². The fraction of sp³-hybridized carbons (Fsp3) is 0.333. The van der Waals surface area contributed by atoms with Crippen LogP contribution in [0.1, 0.15) is 18.6 Å². The smallest absolute Gasteiger partial charge is 0.191 e. The highest BCUT2D eigenvalue weighted by Crippen LogP contribution is 2.23. The number of benzene rings is 1. The van der Waals surface area contributed by atoms with E-state index in [4.69, 9.17) is 27.9 Å². The summed E-state index contributed by atoms with van der Waals surface area (Å²) in [4.78, 5) is 8.37. The van der Waals surface area contributed by atoms with Crippen molar-refractivity contribution in [1.82, 2.24) is 15.6 Å². The minimum atomic E-state index is -0.798. The summed E-state index contributed by atoms with van der Waals surface area (Å²) in [5.41, 5.74) is 0.627. The van der Waals surface area contributed by atoms with Gasteiger partial charge >= 0.3 is 0 Å². The minimum Gasteiger partial charge on any atom is -0.490 e. The van der Waals surface area contributed by atoms with E-state index in [1.54, 1.807) is 30.6 Å². The molecule has 1 aromatic heterocycles. The zero-order chi connectivity index (χ0) is 18.8. The van der Waals surface area contributed by atoms with Gasteiger partial charge in [-0.25, -0.2) is 0 Å². The van der Waals surface area contributed by atoms with Gasteiger partial charge in [0.25, 0.3) is 0 Å². The molecule has 2 aromatic rings. The first-order chi connectivity index (χ1) is 12.6. The quantitative estimate of drug-likeness (QED) is 0.212. The summed E-state index contributed by atoms with van der Waals surface area (Å²) >= 11 is 11.9. The number of aliphatic imine (C=N–C) groups is 1. The number of pyridine rings is 1. The van der Waals surface area contributed by atoms with E-state index in [0.29, 0.717) is 47.0 Å². The minimum absolute atomic E-state index is 0. The molecule has 0 amide bonds. The highest BCUT2D eigenvalue weighted by molar-refractivity contribution is 14.0. The molecule has 0 aliphatic carbocycles. The Morgan fingerprint density at radius 2 is 2.00 bits per heavy atom. The van der Waals surface area contributed by atoms with Crippen LogP contribution in [0, 0.1) is 0 Å². The molecule has 0 fully saturated rings. The van der Waals surface area contributed by atoms with E-state index < -0.39 is 6.10 Å². The first kappa shape index (κ1) is 23.7. The van der Waals surface area contributed by atoms with Crippen LogP contribution in [-0.2, 0) is 0 Å². The number of aliphatic hydroxyl groups excluding tert-OH is 1. The molecule has 1 unspecified atom stereocenters. The van der Waals surface area contributed by atoms with Crippen molar-refractivity contribution in [2.45, 2.75) is 13.0 Å². The van der Waals surface area contributed by atoms with Gasteiger partial charge in [0.1, 0.15) is 12.4 Å². The van der Waals surface area contributed by atoms with Gasteiger partial charge in [0.15, 0.2) is 5.96 Å². The fourth-order valence-corrected chi connectivity index (χ4v) is 2.71. The van der Waals surface area contributed by atoms with E-state index in [1.165, 1.54) is 0 Å². The lowest BCUT2D eigenvalue weighted by atomic mass is 10.1. The predicted octanol–water partition coefficient (Wildman–Crippen LogP) is 3.67. The standard InChI is InChI=1S/C18H22Cl2N4O2.HI/c1-2-22-18(23-6-7-26-16-4-3-5-21-11-16)24-12-17(25)13-8-14(19)10-15(20)9-13;/h3-5,8-11,17,25H,2,6-7,12H2,1H3,(H2,22,23,24);1H. The van der Waals surface area contributed by atoms with Crippen LogP contribution in [0.3, 0.4) is 0 Å². The van der Waals surface area contributed by atoms with E-state index in [9.17, 15) is 5.11 Å². The average molecular weight is 525 g/mol. The summed E-state index contributed by atoms with van der Waals surface area (Å²) in [6.45, 7) is 3.86. The number of rotatable bonds is 8. The van der Waals surface area contributed by atoms with Gasteiger partial charge in [0.05, 0.1) is 25.4 Å². The third-order valence-corrected chi connectivity index (χ3v) is 3.77. The first-order valence-electron chi connectivity index (χ1n) is 8.27. The lowest BCUT2D eigenvalue weighted by molar-refractivity contribution is 0.187. The fourth-order valence-electron chi connectivity index (χ4n) is 2.16. The maximum absolute atomic E-state index is 10.3. The van der Waals surface area contributed by atoms with Gasteiger partial charge in [-0.1, -0.05) is 23.2 Å². The lowest BCUT2D eigenvalue weighted by Gasteiger charge is -2.14. The van der Waals surface area contributed by atoms with Gasteiger partial charge in [-0.15, -0.1) is 24.0 Å². The van der Waals surface area contributed by atoms with Gasteiger partial charge < -0.3 is 20.5 Å². The number of hydrogen-bond donors (Lipinski definition) is 3. The second-order valence-corrected chi connectivity index (χ2v) is 6.28. The molecule has 1 atom stereocenters. The number of aliphatic hydroxyl groups is 1. The Hall–Kier alpha value is -1.29. The van der Waals surface area contributed by atoms with E-state index in [1.807, 2.05) is 19.1 Å². The van der Waals surface area contributed by atoms with Crippen molar-refractivity contribution in [2.75, 3.05) is 26.2 Å². The Kier molecular flexibility index (Phi) is 11.4. The van der Waals surface area contributed by atoms with Crippen LogP contribution < -0.4 is 15.4 Å². The molecule has 3 N–H and O–H groups in total. The number of nitrogens with one attached hydrogen (secondary N) is 2. The normalized spacial score (nSPS) is 12.1. The third-order valence-electron chi connectivity index (χ3n) is 3.33. The van der Waals surface area contributed by atoms with Gasteiger partial charge in [0.2, 0.25) is 0 Å². The topological polar surface area (TPSA) is 78.8 Å². The van der Waals surface area contributed by atoms with Crippen LogP contribution in [0.15, 0.2) is 47.7 Å².